The van der Waals surface area contributed by atoms with E-state index in [1.807, 2.05) is 0 Å². The highest BCUT2D eigenvalue weighted by molar-refractivity contribution is 5.66. The normalized spacial score (nSPS) is 13.7. The molecule has 0 fully saturated rings. The van der Waals surface area contributed by atoms with Crippen LogP contribution in [0, 0.1) is 0 Å². The van der Waals surface area contributed by atoms with E-state index < -0.39 is 5.97 Å². The van der Waals surface area contributed by atoms with Gasteiger partial charge in [0.2, 0.25) is 0 Å². The van der Waals surface area contributed by atoms with Gasteiger partial charge in [-0.15, -0.1) is 5.76 Å². The average molecular weight is 179 g/mol. The highest BCUT2D eigenvalue weighted by Crippen LogP contribution is 2.13. The fourth-order valence-electron chi connectivity index (χ4n) is 1.10. The van der Waals surface area contributed by atoms with Gasteiger partial charge in [0.05, 0.1) is 0 Å². The van der Waals surface area contributed by atoms with E-state index in [0.29, 0.717) is 18.4 Å². The molecule has 0 heterocycles. The third-order valence-corrected chi connectivity index (χ3v) is 1.78. The Morgan fingerprint density at radius 3 is 2.46 bits per heavy atom. The molecule has 0 amide bonds. The molecule has 0 saturated carbocycles. The lowest BCUT2D eigenvalue weighted by Gasteiger charge is -2.13. The summed E-state index contributed by atoms with van der Waals surface area (Å²) in [7, 11) is 0. The number of hydrogen-bond donors (Lipinski definition) is 1. The highest BCUT2D eigenvalue weighted by Gasteiger charge is 1.98. The molecule has 13 heavy (non-hydrogen) atoms. The minimum absolute atomic E-state index is 0.0197. The van der Waals surface area contributed by atoms with Crippen molar-refractivity contribution in [3.8, 4) is 0 Å². The van der Waals surface area contributed by atoms with Gasteiger partial charge in [0, 0.05) is 6.42 Å². The first-order valence-corrected chi connectivity index (χ1v) is 4.17. The molecule has 0 atom stereocenters. The van der Waals surface area contributed by atoms with Crippen molar-refractivity contribution < 1.29 is 15.0 Å². The van der Waals surface area contributed by atoms with Gasteiger partial charge in [-0.05, 0) is 18.4 Å². The van der Waals surface area contributed by atoms with Crippen LogP contribution in [-0.2, 0) is 4.79 Å². The van der Waals surface area contributed by atoms with Gasteiger partial charge in [-0.3, -0.25) is 4.79 Å². The Balaban J connectivity index is 2.37. The van der Waals surface area contributed by atoms with Gasteiger partial charge < -0.3 is 10.2 Å². The summed E-state index contributed by atoms with van der Waals surface area (Å²) in [5.41, 5.74) is 0.672. The summed E-state index contributed by atoms with van der Waals surface area (Å²) in [6, 6.07) is 0. The predicted octanol–water partition coefficient (Wildman–Crippen LogP) is 0.982. The molecule has 1 aliphatic carbocycles. The lowest BCUT2D eigenvalue weighted by atomic mass is 10.1. The van der Waals surface area contributed by atoms with Gasteiger partial charge in [-0.25, -0.2) is 0 Å². The first-order chi connectivity index (χ1) is 6.20. The van der Waals surface area contributed by atoms with Crippen molar-refractivity contribution in [3.63, 3.8) is 0 Å². The molecule has 0 bridgehead atoms. The van der Waals surface area contributed by atoms with Gasteiger partial charge in [-0.1, -0.05) is 24.3 Å². The smallest absolute Gasteiger partial charge is 0.303 e. The second kappa shape index (κ2) is 4.50. The summed E-state index contributed by atoms with van der Waals surface area (Å²) >= 11 is 0. The van der Waals surface area contributed by atoms with Gasteiger partial charge in [0.15, 0.2) is 0 Å². The van der Waals surface area contributed by atoms with E-state index in [1.54, 1.807) is 24.3 Å². The molecular weight excluding hydrogens is 168 g/mol. The van der Waals surface area contributed by atoms with E-state index in [0.717, 1.165) is 0 Å². The second-order valence-electron chi connectivity index (χ2n) is 2.84. The summed E-state index contributed by atoms with van der Waals surface area (Å²) in [4.78, 5) is 10.2. The lowest BCUT2D eigenvalue weighted by Crippen LogP contribution is -2.06. The number of rotatable bonds is 4. The number of carboxylic acids is 1. The summed E-state index contributed by atoms with van der Waals surface area (Å²) in [5, 5.41) is 19.6. The molecule has 0 radical (unpaired) electrons. The summed E-state index contributed by atoms with van der Waals surface area (Å²) in [6.45, 7) is 0. The molecule has 3 nitrogen and oxygen atoms in total. The van der Waals surface area contributed by atoms with Crippen molar-refractivity contribution >= 4 is 5.97 Å². The molecular formula is C10H11O3-. The Hall–Kier alpha value is -1.51. The maximum absolute atomic E-state index is 11.3. The molecule has 3 heteroatoms. The quantitative estimate of drug-likeness (QED) is 0.654. The van der Waals surface area contributed by atoms with Crippen LogP contribution < -0.4 is 5.11 Å². The van der Waals surface area contributed by atoms with Gasteiger partial charge in [-0.2, -0.15) is 0 Å². The first-order valence-electron chi connectivity index (χ1n) is 4.17. The molecule has 0 unspecified atom stereocenters. The highest BCUT2D eigenvalue weighted by atomic mass is 16.4. The van der Waals surface area contributed by atoms with Gasteiger partial charge >= 0.3 is 5.97 Å². The largest absolute Gasteiger partial charge is 0.875 e. The van der Waals surface area contributed by atoms with Crippen molar-refractivity contribution in [1.29, 1.82) is 0 Å². The maximum Gasteiger partial charge on any atom is 0.303 e. The number of hydrogen-bond acceptors (Lipinski definition) is 2. The molecule has 70 valence electrons. The van der Waals surface area contributed by atoms with Crippen LogP contribution in [0.3, 0.4) is 0 Å². The van der Waals surface area contributed by atoms with E-state index in [-0.39, 0.29) is 12.2 Å². The van der Waals surface area contributed by atoms with E-state index >= 15 is 0 Å². The van der Waals surface area contributed by atoms with Crippen molar-refractivity contribution in [2.75, 3.05) is 0 Å². The Morgan fingerprint density at radius 2 is 1.92 bits per heavy atom. The fourth-order valence-corrected chi connectivity index (χ4v) is 1.10. The zero-order chi connectivity index (χ0) is 9.68. The first kappa shape index (κ1) is 9.58. The summed E-state index contributed by atoms with van der Waals surface area (Å²) in [6.07, 6.45) is 7.86. The number of carboxylic acid groups (broad SMARTS) is 1. The van der Waals surface area contributed by atoms with Crippen molar-refractivity contribution in [3.05, 3.63) is 35.6 Å². The van der Waals surface area contributed by atoms with Gasteiger partial charge in [0.1, 0.15) is 0 Å². The number of carbonyl (C=O) groups is 1. The monoisotopic (exact) mass is 179 g/mol. The topological polar surface area (TPSA) is 60.4 Å². The number of aliphatic carboxylic acids is 1. The van der Waals surface area contributed by atoms with Crippen LogP contribution in [0.4, 0.5) is 0 Å². The minimum atomic E-state index is -0.852. The lowest BCUT2D eigenvalue weighted by molar-refractivity contribution is -0.307. The molecule has 0 aliphatic heterocycles. The molecule has 1 aliphatic rings. The predicted molar refractivity (Wildman–Crippen MR) is 46.8 cm³/mol. The zero-order valence-corrected chi connectivity index (χ0v) is 7.19. The third kappa shape index (κ3) is 3.15. The van der Waals surface area contributed by atoms with Crippen LogP contribution in [0.15, 0.2) is 35.6 Å². The third-order valence-electron chi connectivity index (χ3n) is 1.78. The molecule has 1 rings (SSSR count). The van der Waals surface area contributed by atoms with E-state index in [9.17, 15) is 9.90 Å². The van der Waals surface area contributed by atoms with Crippen LogP contribution in [0.2, 0.25) is 0 Å². The number of allylic oxidation sites excluding steroid dienone is 6. The second-order valence-corrected chi connectivity index (χ2v) is 2.84. The molecule has 1 N–H and O–H groups in total. The minimum Gasteiger partial charge on any atom is -0.875 e. The molecule has 0 aromatic carbocycles. The fraction of sp³-hybridized carbons (Fsp3) is 0.300. The Bertz CT molecular complexity index is 271. The Kier molecular flexibility index (Phi) is 3.31. The zero-order valence-electron chi connectivity index (χ0n) is 7.19. The molecule has 0 aromatic heterocycles. The molecule has 0 aromatic rings. The maximum atomic E-state index is 11.3. The van der Waals surface area contributed by atoms with E-state index in [1.165, 1.54) is 0 Å². The van der Waals surface area contributed by atoms with Crippen LogP contribution in [0.1, 0.15) is 19.3 Å². The Morgan fingerprint density at radius 1 is 1.31 bits per heavy atom. The Labute approximate surface area is 76.7 Å². The standard InChI is InChI=1S/C10H12O3/c11-9(6-3-7-10(12)13)8-4-1-2-5-8/h1-2,4-5,11H,3,6-7H2,(H,12,13)/p-1. The summed E-state index contributed by atoms with van der Waals surface area (Å²) < 4.78 is 0. The van der Waals surface area contributed by atoms with Crippen molar-refractivity contribution in [2.45, 2.75) is 19.3 Å². The van der Waals surface area contributed by atoms with E-state index in [2.05, 4.69) is 0 Å². The summed E-state index contributed by atoms with van der Waals surface area (Å²) in [5.74, 6) is -0.832. The molecule has 0 spiro atoms. The van der Waals surface area contributed by atoms with Crippen LogP contribution in [0.5, 0.6) is 0 Å². The van der Waals surface area contributed by atoms with Crippen molar-refractivity contribution in [2.24, 2.45) is 0 Å². The SMILES string of the molecule is O=C(O)CCCC([O-])=C1C=CC=C1. The van der Waals surface area contributed by atoms with Gasteiger partial charge in [0.25, 0.3) is 0 Å². The van der Waals surface area contributed by atoms with Crippen LogP contribution in [-0.4, -0.2) is 11.1 Å². The van der Waals surface area contributed by atoms with Crippen LogP contribution >= 0.6 is 0 Å². The average Bonchev–Trinajstić information content (AvgIpc) is 2.55. The van der Waals surface area contributed by atoms with Crippen molar-refractivity contribution in [1.82, 2.24) is 0 Å². The van der Waals surface area contributed by atoms with Crippen LogP contribution in [0.25, 0.3) is 0 Å². The van der Waals surface area contributed by atoms with E-state index in [4.69, 9.17) is 5.11 Å². The molecule has 0 saturated heterocycles.